The van der Waals surface area contributed by atoms with E-state index in [1.165, 1.54) is 0 Å². The lowest BCUT2D eigenvalue weighted by molar-refractivity contribution is 0.432. The Balaban J connectivity index is 2.49. The van der Waals surface area contributed by atoms with E-state index < -0.39 is 0 Å². The zero-order chi connectivity index (χ0) is 19.8. The van der Waals surface area contributed by atoms with Crippen LogP contribution in [0.25, 0.3) is 0 Å². The van der Waals surface area contributed by atoms with Crippen LogP contribution in [0.15, 0.2) is 0 Å². The lowest BCUT2D eigenvalue weighted by Gasteiger charge is -2.60. The van der Waals surface area contributed by atoms with E-state index in [1.807, 2.05) is 0 Å². The summed E-state index contributed by atoms with van der Waals surface area (Å²) in [6, 6.07) is 0. The van der Waals surface area contributed by atoms with E-state index in [4.69, 9.17) is 0 Å². The van der Waals surface area contributed by atoms with Gasteiger partial charge in [-0.3, -0.25) is 0 Å². The average Bonchev–Trinajstić information content (AvgIpc) is 2.64. The SMILES string of the molecule is CCB1N(C)B(CC)N(CC)B(N2B(C)N(C)B(C)N(C)B2C)N1CC. The van der Waals surface area contributed by atoms with Gasteiger partial charge in [-0.15, -0.1) is 0 Å². The smallest absolute Gasteiger partial charge is 0.361 e. The molecule has 0 aromatic carbocycles. The standard InChI is InChI=1S/C14H38B6N6/c1-11-18-23(10)19(12-2)25(14-4)20(24(18)13-3)26-16(6)21(8)15(5)22(9)17(26)7/h11-14H2,1-10H3. The van der Waals surface area contributed by atoms with Crippen LogP contribution in [0.5, 0.6) is 0 Å². The Morgan fingerprint density at radius 1 is 0.577 bits per heavy atom. The van der Waals surface area contributed by atoms with Gasteiger partial charge in [0.05, 0.1) is 0 Å². The molecule has 2 aliphatic heterocycles. The molecule has 0 radical (unpaired) electrons. The topological polar surface area (TPSA) is 19.4 Å². The van der Waals surface area contributed by atoms with Crippen LogP contribution in [0.4, 0.5) is 0 Å². The van der Waals surface area contributed by atoms with Gasteiger partial charge in [-0.05, 0) is 46.9 Å². The van der Waals surface area contributed by atoms with E-state index in [2.05, 4.69) is 97.5 Å². The van der Waals surface area contributed by atoms with Crippen LogP contribution in [-0.4, -0.2) is 105 Å². The molecule has 2 fully saturated rings. The molecule has 2 saturated heterocycles. The second-order valence-electron chi connectivity index (χ2n) is 8.12. The maximum atomic E-state index is 2.73. The van der Waals surface area contributed by atoms with Crippen molar-refractivity contribution in [1.82, 2.24) is 28.2 Å². The van der Waals surface area contributed by atoms with E-state index in [-0.39, 0.29) is 0 Å². The van der Waals surface area contributed by atoms with Gasteiger partial charge in [0.1, 0.15) is 0 Å². The molecule has 0 saturated carbocycles. The third kappa shape index (κ3) is 3.58. The fraction of sp³-hybridized carbons (Fsp3) is 1.00. The minimum absolute atomic E-state index is 0.332. The first-order valence-corrected chi connectivity index (χ1v) is 10.7. The molecule has 2 rings (SSSR count). The lowest BCUT2D eigenvalue weighted by atomic mass is 9.36. The van der Waals surface area contributed by atoms with Gasteiger partial charge in [0, 0.05) is 0 Å². The number of hydrogen-bond acceptors (Lipinski definition) is 6. The predicted octanol–water partition coefficient (Wildman–Crippen LogP) is 1.11. The van der Waals surface area contributed by atoms with Crippen LogP contribution < -0.4 is 0 Å². The molecule has 6 nitrogen and oxygen atoms in total. The summed E-state index contributed by atoms with van der Waals surface area (Å²) in [4.78, 5) is 0. The quantitative estimate of drug-likeness (QED) is 0.684. The lowest BCUT2D eigenvalue weighted by Crippen LogP contribution is -2.86. The maximum Gasteiger partial charge on any atom is 0.361 e. The highest BCUT2D eigenvalue weighted by Gasteiger charge is 2.56. The first-order valence-electron chi connectivity index (χ1n) is 10.7. The van der Waals surface area contributed by atoms with Gasteiger partial charge in [0.2, 0.25) is 0 Å². The van der Waals surface area contributed by atoms with Gasteiger partial charge in [-0.2, -0.15) is 0 Å². The van der Waals surface area contributed by atoms with Crippen molar-refractivity contribution in [3.8, 4) is 0 Å². The third-order valence-electron chi connectivity index (χ3n) is 7.25. The van der Waals surface area contributed by atoms with Crippen molar-refractivity contribution in [3.63, 3.8) is 0 Å². The highest BCUT2D eigenvalue weighted by Crippen LogP contribution is 2.28. The minimum atomic E-state index is 0.332. The Kier molecular flexibility index (Phi) is 7.85. The molecular formula is C14H38B6N6. The van der Waals surface area contributed by atoms with Gasteiger partial charge in [0.25, 0.3) is 34.9 Å². The Bertz CT molecular complexity index is 428. The van der Waals surface area contributed by atoms with Crippen LogP contribution in [0, 0.1) is 0 Å². The molecule has 0 bridgehead atoms. The summed E-state index contributed by atoms with van der Waals surface area (Å²) >= 11 is 0. The molecule has 142 valence electrons. The van der Waals surface area contributed by atoms with E-state index in [0.29, 0.717) is 42.0 Å². The monoisotopic (exact) mass is 356 g/mol. The molecule has 12 heteroatoms. The van der Waals surface area contributed by atoms with Gasteiger partial charge in [-0.25, -0.2) is 0 Å². The first kappa shape index (κ1) is 22.4. The summed E-state index contributed by atoms with van der Waals surface area (Å²) in [6.07, 6.45) is 2.32. The fourth-order valence-electron chi connectivity index (χ4n) is 5.33. The molecule has 0 atom stereocenters. The maximum absolute atomic E-state index is 2.73. The summed E-state index contributed by atoms with van der Waals surface area (Å²) in [6.45, 7) is 20.8. The van der Waals surface area contributed by atoms with E-state index in [9.17, 15) is 0 Å². The molecule has 2 aliphatic rings. The second kappa shape index (κ2) is 9.10. The Morgan fingerprint density at radius 3 is 1.27 bits per heavy atom. The molecule has 0 unspecified atom stereocenters. The number of hydrogen-bond donors (Lipinski definition) is 0. The highest BCUT2D eigenvalue weighted by molar-refractivity contribution is 6.97. The summed E-state index contributed by atoms with van der Waals surface area (Å²) in [5, 5.41) is 0. The molecule has 0 spiro atoms. The zero-order valence-electron chi connectivity index (χ0n) is 19.0. The molecule has 0 N–H and O–H groups in total. The first-order chi connectivity index (χ1) is 12.3. The number of rotatable bonds is 5. The van der Waals surface area contributed by atoms with E-state index in [1.54, 1.807) is 0 Å². The van der Waals surface area contributed by atoms with Gasteiger partial charge >= 0.3 is 7.12 Å². The Labute approximate surface area is 165 Å². The molecular weight excluding hydrogens is 317 g/mol. The molecule has 0 aliphatic carbocycles. The average molecular weight is 355 g/mol. The van der Waals surface area contributed by atoms with Crippen LogP contribution in [0.3, 0.4) is 0 Å². The Hall–Kier alpha value is 0.150. The van der Waals surface area contributed by atoms with E-state index in [0.717, 1.165) is 25.7 Å². The number of nitrogens with zero attached hydrogens (tertiary/aromatic N) is 6. The van der Waals surface area contributed by atoms with Crippen LogP contribution in [-0.2, 0) is 0 Å². The predicted molar refractivity (Wildman–Crippen MR) is 123 cm³/mol. The highest BCUT2D eigenvalue weighted by atomic mass is 15.4. The van der Waals surface area contributed by atoms with Crippen LogP contribution in [0.2, 0.25) is 33.1 Å². The van der Waals surface area contributed by atoms with Gasteiger partial charge in [0.15, 0.2) is 0 Å². The van der Waals surface area contributed by atoms with Crippen molar-refractivity contribution in [3.05, 3.63) is 0 Å². The Morgan fingerprint density at radius 2 is 0.962 bits per heavy atom. The summed E-state index contributed by atoms with van der Waals surface area (Å²) in [7, 11) is 7.17. The van der Waals surface area contributed by atoms with Crippen LogP contribution >= 0.6 is 0 Å². The molecule has 0 aromatic heterocycles. The molecule has 26 heavy (non-hydrogen) atoms. The van der Waals surface area contributed by atoms with Crippen molar-refractivity contribution in [2.45, 2.75) is 60.8 Å². The zero-order valence-corrected chi connectivity index (χ0v) is 19.0. The third-order valence-corrected chi connectivity index (χ3v) is 7.25. The normalized spacial score (nSPS) is 23.8. The van der Waals surface area contributed by atoms with Crippen molar-refractivity contribution < 1.29 is 0 Å². The fourth-order valence-corrected chi connectivity index (χ4v) is 5.33. The van der Waals surface area contributed by atoms with Crippen molar-refractivity contribution in [2.75, 3.05) is 34.2 Å². The largest absolute Gasteiger partial charge is 0.372 e. The van der Waals surface area contributed by atoms with Crippen molar-refractivity contribution >= 4 is 42.0 Å². The van der Waals surface area contributed by atoms with Gasteiger partial charge in [-0.1, -0.05) is 48.2 Å². The molecule has 2 heterocycles. The summed E-state index contributed by atoms with van der Waals surface area (Å²) in [5.74, 6) is 0. The molecule has 0 amide bonds. The second-order valence-corrected chi connectivity index (χ2v) is 8.12. The molecule has 0 aromatic rings. The summed E-state index contributed by atoms with van der Waals surface area (Å²) < 4.78 is 15.7. The minimum Gasteiger partial charge on any atom is -0.372 e. The van der Waals surface area contributed by atoms with E-state index >= 15 is 0 Å². The van der Waals surface area contributed by atoms with Crippen LogP contribution in [0.1, 0.15) is 27.7 Å². The van der Waals surface area contributed by atoms with Crippen molar-refractivity contribution in [2.24, 2.45) is 0 Å². The van der Waals surface area contributed by atoms with Gasteiger partial charge < -0.3 is 28.2 Å². The van der Waals surface area contributed by atoms with Crippen molar-refractivity contribution in [1.29, 1.82) is 0 Å². The summed E-state index contributed by atoms with van der Waals surface area (Å²) in [5.41, 5.74) is 0.